The van der Waals surface area contributed by atoms with Crippen molar-refractivity contribution in [2.45, 2.75) is 25.0 Å². The first-order valence-electron chi connectivity index (χ1n) is 5.84. The van der Waals surface area contributed by atoms with Crippen LogP contribution in [-0.4, -0.2) is 39.5 Å². The molecule has 1 heterocycles. The Hall–Kier alpha value is -0.730. The van der Waals surface area contributed by atoms with Crippen LogP contribution in [0.3, 0.4) is 0 Å². The molecule has 108 valence electrons. The van der Waals surface area contributed by atoms with E-state index in [4.69, 9.17) is 21.1 Å². The molecule has 0 unspecified atom stereocenters. The van der Waals surface area contributed by atoms with Gasteiger partial charge in [-0.25, -0.2) is 18.1 Å². The van der Waals surface area contributed by atoms with Gasteiger partial charge >= 0.3 is 0 Å². The fourth-order valence-corrected chi connectivity index (χ4v) is 2.39. The van der Waals surface area contributed by atoms with Crippen molar-refractivity contribution in [1.82, 2.24) is 9.71 Å². The first-order valence-corrected chi connectivity index (χ1v) is 7.70. The van der Waals surface area contributed by atoms with Crippen molar-refractivity contribution in [3.05, 3.63) is 23.5 Å². The minimum absolute atomic E-state index is 0.0344. The Balaban J connectivity index is 2.66. The quantitative estimate of drug-likeness (QED) is 0.580. The molecule has 0 radical (unpaired) electrons. The van der Waals surface area contributed by atoms with E-state index < -0.39 is 16.3 Å². The number of aromatic nitrogens is 1. The van der Waals surface area contributed by atoms with Gasteiger partial charge in [0.15, 0.2) is 6.29 Å². The highest BCUT2D eigenvalue weighted by atomic mass is 35.5. The van der Waals surface area contributed by atoms with Crippen LogP contribution >= 0.6 is 11.6 Å². The molecule has 1 N–H and O–H groups in total. The van der Waals surface area contributed by atoms with Gasteiger partial charge in [0.05, 0.1) is 6.54 Å². The molecule has 1 aromatic rings. The number of hydrogen-bond donors (Lipinski definition) is 1. The molecule has 0 aromatic carbocycles. The molecule has 6 nitrogen and oxygen atoms in total. The summed E-state index contributed by atoms with van der Waals surface area (Å²) in [7, 11) is -3.64. The summed E-state index contributed by atoms with van der Waals surface area (Å²) in [6.07, 6.45) is 0.589. The van der Waals surface area contributed by atoms with Crippen LogP contribution in [0, 0.1) is 0 Å². The smallest absolute Gasteiger partial charge is 0.242 e. The first-order chi connectivity index (χ1) is 8.99. The molecule has 0 aliphatic rings. The minimum Gasteiger partial charge on any atom is -0.352 e. The molecule has 0 aliphatic carbocycles. The maximum Gasteiger partial charge on any atom is 0.242 e. The van der Waals surface area contributed by atoms with Gasteiger partial charge in [-0.2, -0.15) is 0 Å². The highest BCUT2D eigenvalue weighted by Crippen LogP contribution is 2.10. The third-order valence-electron chi connectivity index (χ3n) is 2.16. The Morgan fingerprint density at radius 2 is 1.95 bits per heavy atom. The van der Waals surface area contributed by atoms with Gasteiger partial charge in [0, 0.05) is 19.4 Å². The largest absolute Gasteiger partial charge is 0.352 e. The SMILES string of the molecule is CCOC(CNS(=O)(=O)c1ccc(Cl)nc1)OCC. The monoisotopic (exact) mass is 308 g/mol. The van der Waals surface area contributed by atoms with Crippen molar-refractivity contribution in [3.63, 3.8) is 0 Å². The van der Waals surface area contributed by atoms with Crippen molar-refractivity contribution in [2.24, 2.45) is 0 Å². The van der Waals surface area contributed by atoms with E-state index in [0.29, 0.717) is 13.2 Å². The number of nitrogens with one attached hydrogen (secondary N) is 1. The molecule has 1 aromatic heterocycles. The molecule has 1 rings (SSSR count). The van der Waals surface area contributed by atoms with Crippen molar-refractivity contribution in [1.29, 1.82) is 0 Å². The number of halogens is 1. The van der Waals surface area contributed by atoms with Gasteiger partial charge in [0.2, 0.25) is 10.0 Å². The molecule has 19 heavy (non-hydrogen) atoms. The molecule has 0 amide bonds. The van der Waals surface area contributed by atoms with Crippen molar-refractivity contribution < 1.29 is 17.9 Å². The standard InChI is InChI=1S/C11H17ClN2O4S/c1-3-17-11(18-4-2)8-14-19(15,16)9-5-6-10(12)13-7-9/h5-7,11,14H,3-4,8H2,1-2H3. The van der Waals surface area contributed by atoms with Gasteiger partial charge < -0.3 is 9.47 Å². The van der Waals surface area contributed by atoms with Crippen molar-refractivity contribution in [2.75, 3.05) is 19.8 Å². The van der Waals surface area contributed by atoms with Crippen LogP contribution in [-0.2, 0) is 19.5 Å². The molecule has 0 fully saturated rings. The van der Waals surface area contributed by atoms with Crippen LogP contribution in [0.25, 0.3) is 0 Å². The summed E-state index contributed by atoms with van der Waals surface area (Å²) < 4.78 is 36.8. The second-order valence-electron chi connectivity index (χ2n) is 3.51. The number of hydrogen-bond acceptors (Lipinski definition) is 5. The summed E-state index contributed by atoms with van der Waals surface area (Å²) in [6.45, 7) is 4.53. The van der Waals surface area contributed by atoms with Crippen LogP contribution in [0.1, 0.15) is 13.8 Å². The lowest BCUT2D eigenvalue weighted by molar-refractivity contribution is -0.130. The van der Waals surface area contributed by atoms with Crippen LogP contribution in [0.5, 0.6) is 0 Å². The van der Waals surface area contributed by atoms with Crippen LogP contribution < -0.4 is 4.72 Å². The van der Waals surface area contributed by atoms with E-state index in [-0.39, 0.29) is 16.6 Å². The Morgan fingerprint density at radius 1 is 1.32 bits per heavy atom. The molecule has 0 atom stereocenters. The topological polar surface area (TPSA) is 77.5 Å². The summed E-state index contributed by atoms with van der Waals surface area (Å²) >= 11 is 5.61. The molecule has 0 aliphatic heterocycles. The van der Waals surface area contributed by atoms with Gasteiger partial charge in [0.25, 0.3) is 0 Å². The normalized spacial score (nSPS) is 12.0. The van der Waals surface area contributed by atoms with Gasteiger partial charge in [-0.3, -0.25) is 0 Å². The Bertz CT molecular complexity index is 472. The number of ether oxygens (including phenoxy) is 2. The average molecular weight is 309 g/mol. The molecule has 8 heteroatoms. The number of nitrogens with zero attached hydrogens (tertiary/aromatic N) is 1. The Labute approximate surface area is 118 Å². The van der Waals surface area contributed by atoms with Gasteiger partial charge in [-0.15, -0.1) is 0 Å². The zero-order chi connectivity index (χ0) is 14.3. The second kappa shape index (κ2) is 7.76. The number of pyridine rings is 1. The van der Waals surface area contributed by atoms with Crippen LogP contribution in [0.4, 0.5) is 0 Å². The second-order valence-corrected chi connectivity index (χ2v) is 5.66. The summed E-state index contributed by atoms with van der Waals surface area (Å²) in [5.74, 6) is 0. The summed E-state index contributed by atoms with van der Waals surface area (Å²) in [5, 5.41) is 0.237. The lowest BCUT2D eigenvalue weighted by Gasteiger charge is -2.17. The molecular formula is C11H17ClN2O4S. The zero-order valence-electron chi connectivity index (χ0n) is 10.8. The molecule has 0 saturated heterocycles. The van der Waals surface area contributed by atoms with E-state index in [9.17, 15) is 8.42 Å². The predicted octanol–water partition coefficient (Wildman–Crippen LogP) is 1.41. The van der Waals surface area contributed by atoms with E-state index in [1.807, 2.05) is 13.8 Å². The maximum atomic E-state index is 12.0. The van der Waals surface area contributed by atoms with Crippen LogP contribution in [0.15, 0.2) is 23.2 Å². The highest BCUT2D eigenvalue weighted by Gasteiger charge is 2.17. The van der Waals surface area contributed by atoms with E-state index >= 15 is 0 Å². The Morgan fingerprint density at radius 3 is 2.42 bits per heavy atom. The number of sulfonamides is 1. The minimum atomic E-state index is -3.64. The maximum absolute atomic E-state index is 12.0. The molecule has 0 saturated carbocycles. The van der Waals surface area contributed by atoms with Crippen molar-refractivity contribution in [3.8, 4) is 0 Å². The summed E-state index contributed by atoms with van der Waals surface area (Å²) in [5.41, 5.74) is 0. The van der Waals surface area contributed by atoms with E-state index in [2.05, 4.69) is 9.71 Å². The van der Waals surface area contributed by atoms with Gasteiger partial charge in [-0.05, 0) is 26.0 Å². The predicted molar refractivity (Wildman–Crippen MR) is 71.5 cm³/mol. The first kappa shape index (κ1) is 16.3. The highest BCUT2D eigenvalue weighted by molar-refractivity contribution is 7.89. The van der Waals surface area contributed by atoms with E-state index in [0.717, 1.165) is 0 Å². The van der Waals surface area contributed by atoms with Crippen LogP contribution in [0.2, 0.25) is 5.15 Å². The fraction of sp³-hybridized carbons (Fsp3) is 0.545. The molecular weight excluding hydrogens is 292 g/mol. The van der Waals surface area contributed by atoms with Gasteiger partial charge in [0.1, 0.15) is 10.0 Å². The van der Waals surface area contributed by atoms with Gasteiger partial charge in [-0.1, -0.05) is 11.6 Å². The Kier molecular flexibility index (Phi) is 6.67. The zero-order valence-corrected chi connectivity index (χ0v) is 12.4. The average Bonchev–Trinajstić information content (AvgIpc) is 2.37. The van der Waals surface area contributed by atoms with Crippen molar-refractivity contribution >= 4 is 21.6 Å². The fourth-order valence-electron chi connectivity index (χ4n) is 1.32. The third-order valence-corrected chi connectivity index (χ3v) is 3.79. The van der Waals surface area contributed by atoms with E-state index in [1.54, 1.807) is 0 Å². The lowest BCUT2D eigenvalue weighted by atomic mass is 10.5. The molecule has 0 bridgehead atoms. The lowest BCUT2D eigenvalue weighted by Crippen LogP contribution is -2.35. The number of rotatable bonds is 8. The summed E-state index contributed by atoms with van der Waals surface area (Å²) in [4.78, 5) is 3.77. The third kappa shape index (κ3) is 5.42. The summed E-state index contributed by atoms with van der Waals surface area (Å²) in [6, 6.07) is 2.80. The van der Waals surface area contributed by atoms with E-state index in [1.165, 1.54) is 18.3 Å². The molecule has 0 spiro atoms.